The van der Waals surface area contributed by atoms with Gasteiger partial charge in [0.25, 0.3) is 5.91 Å². The fraction of sp³-hybridized carbons (Fsp3) is 0.0556. The number of amides is 1. The molecular weight excluding hydrogens is 461 g/mol. The number of nitrogens with one attached hydrogen (secondary N) is 1. The van der Waals surface area contributed by atoms with Crippen molar-refractivity contribution >= 4 is 73.8 Å². The maximum absolute atomic E-state index is 12.5. The molecule has 0 radical (unpaired) electrons. The van der Waals surface area contributed by atoms with Crippen LogP contribution in [0.3, 0.4) is 0 Å². The van der Waals surface area contributed by atoms with Crippen LogP contribution in [0.5, 0.6) is 0 Å². The maximum Gasteiger partial charge on any atom is 0.266 e. The molecule has 1 N–H and O–H groups in total. The second-order valence-electron chi connectivity index (χ2n) is 5.11. The lowest BCUT2D eigenvalue weighted by molar-refractivity contribution is 0.102. The Morgan fingerprint density at radius 2 is 1.84 bits per heavy atom. The summed E-state index contributed by atoms with van der Waals surface area (Å²) in [6, 6.07) is 15.0. The van der Waals surface area contributed by atoms with Crippen LogP contribution >= 0.6 is 62.2 Å². The molecule has 0 saturated carbocycles. The number of thiophene rings is 1. The van der Waals surface area contributed by atoms with Crippen molar-refractivity contribution in [2.45, 2.75) is 10.6 Å². The zero-order valence-electron chi connectivity index (χ0n) is 12.8. The molecule has 7 heteroatoms. The standard InChI is InChI=1S/C18H12BrCl2NOS2/c19-12-2-4-13(5-3-12)22-18(23)17-16(7-8-24-17)25-10-11-1-6-14(20)15(21)9-11/h1-9H,10H2,(H,22,23). The minimum atomic E-state index is -0.103. The molecule has 2 nitrogen and oxygen atoms in total. The van der Waals surface area contributed by atoms with Crippen molar-refractivity contribution in [3.05, 3.63) is 78.9 Å². The summed E-state index contributed by atoms with van der Waals surface area (Å²) in [7, 11) is 0. The van der Waals surface area contributed by atoms with Crippen LogP contribution in [0.2, 0.25) is 10.0 Å². The molecule has 0 spiro atoms. The number of hydrogen-bond donors (Lipinski definition) is 1. The van der Waals surface area contributed by atoms with Crippen molar-refractivity contribution in [3.63, 3.8) is 0 Å². The van der Waals surface area contributed by atoms with Gasteiger partial charge in [-0.3, -0.25) is 4.79 Å². The molecule has 0 aliphatic heterocycles. The van der Waals surface area contributed by atoms with Gasteiger partial charge in [-0.15, -0.1) is 23.1 Å². The van der Waals surface area contributed by atoms with Crippen LogP contribution in [0.4, 0.5) is 5.69 Å². The Labute approximate surface area is 172 Å². The molecule has 1 amide bonds. The highest BCUT2D eigenvalue weighted by atomic mass is 79.9. The smallest absolute Gasteiger partial charge is 0.266 e. The Hall–Kier alpha value is -0.980. The van der Waals surface area contributed by atoms with E-state index >= 15 is 0 Å². The fourth-order valence-corrected chi connectivity index (χ4v) is 4.65. The second kappa shape index (κ2) is 8.60. The molecule has 0 saturated heterocycles. The molecule has 0 fully saturated rings. The first kappa shape index (κ1) is 18.8. The molecular formula is C18H12BrCl2NOS2. The van der Waals surface area contributed by atoms with Crippen LogP contribution in [0, 0.1) is 0 Å². The van der Waals surface area contributed by atoms with Crippen molar-refractivity contribution in [2.24, 2.45) is 0 Å². The van der Waals surface area contributed by atoms with Gasteiger partial charge in [-0.05, 0) is 53.4 Å². The fourth-order valence-electron chi connectivity index (χ4n) is 2.09. The highest BCUT2D eigenvalue weighted by Crippen LogP contribution is 2.32. The average molecular weight is 473 g/mol. The summed E-state index contributed by atoms with van der Waals surface area (Å²) in [6.07, 6.45) is 0. The third-order valence-electron chi connectivity index (χ3n) is 3.32. The molecule has 2 aromatic carbocycles. The first-order chi connectivity index (χ1) is 12.0. The molecule has 0 atom stereocenters. The SMILES string of the molecule is O=C(Nc1ccc(Br)cc1)c1sccc1SCc1ccc(Cl)c(Cl)c1. The van der Waals surface area contributed by atoms with E-state index in [1.807, 2.05) is 47.8 Å². The van der Waals surface area contributed by atoms with Gasteiger partial charge < -0.3 is 5.32 Å². The van der Waals surface area contributed by atoms with Gasteiger partial charge in [0.2, 0.25) is 0 Å². The van der Waals surface area contributed by atoms with Gasteiger partial charge in [0.15, 0.2) is 0 Å². The van der Waals surface area contributed by atoms with E-state index in [9.17, 15) is 4.79 Å². The largest absolute Gasteiger partial charge is 0.321 e. The predicted molar refractivity (Wildman–Crippen MR) is 112 cm³/mol. The molecule has 0 unspecified atom stereocenters. The van der Waals surface area contributed by atoms with Crippen molar-refractivity contribution in [1.82, 2.24) is 0 Å². The number of halogens is 3. The number of hydrogen-bond acceptors (Lipinski definition) is 3. The topological polar surface area (TPSA) is 29.1 Å². The molecule has 25 heavy (non-hydrogen) atoms. The van der Waals surface area contributed by atoms with Crippen molar-refractivity contribution in [3.8, 4) is 0 Å². The molecule has 1 heterocycles. The molecule has 128 valence electrons. The van der Waals surface area contributed by atoms with E-state index in [1.54, 1.807) is 17.8 Å². The number of carbonyl (C=O) groups is 1. The zero-order valence-corrected chi connectivity index (χ0v) is 17.5. The van der Waals surface area contributed by atoms with E-state index in [0.717, 1.165) is 20.6 Å². The molecule has 3 rings (SSSR count). The van der Waals surface area contributed by atoms with Crippen LogP contribution in [0.1, 0.15) is 15.2 Å². The molecule has 1 aromatic heterocycles. The summed E-state index contributed by atoms with van der Waals surface area (Å²) in [4.78, 5) is 14.2. The van der Waals surface area contributed by atoms with Gasteiger partial charge in [0.05, 0.1) is 10.0 Å². The van der Waals surface area contributed by atoms with Gasteiger partial charge in [-0.25, -0.2) is 0 Å². The van der Waals surface area contributed by atoms with Crippen LogP contribution in [-0.4, -0.2) is 5.91 Å². The molecule has 0 aliphatic rings. The Balaban J connectivity index is 1.68. The van der Waals surface area contributed by atoms with E-state index in [2.05, 4.69) is 21.2 Å². The molecule has 0 bridgehead atoms. The van der Waals surface area contributed by atoms with E-state index in [1.165, 1.54) is 11.3 Å². The lowest BCUT2D eigenvalue weighted by Gasteiger charge is -2.07. The number of rotatable bonds is 5. The minimum Gasteiger partial charge on any atom is -0.321 e. The first-order valence-electron chi connectivity index (χ1n) is 7.24. The first-order valence-corrected chi connectivity index (χ1v) is 10.7. The van der Waals surface area contributed by atoms with Crippen LogP contribution in [-0.2, 0) is 5.75 Å². The third kappa shape index (κ3) is 5.02. The van der Waals surface area contributed by atoms with Gasteiger partial charge >= 0.3 is 0 Å². The van der Waals surface area contributed by atoms with E-state index in [4.69, 9.17) is 23.2 Å². The van der Waals surface area contributed by atoms with Crippen LogP contribution in [0.25, 0.3) is 0 Å². The van der Waals surface area contributed by atoms with Crippen LogP contribution < -0.4 is 5.32 Å². The van der Waals surface area contributed by atoms with Crippen LogP contribution in [0.15, 0.2) is 63.3 Å². The Morgan fingerprint density at radius 3 is 2.56 bits per heavy atom. The Morgan fingerprint density at radius 1 is 1.08 bits per heavy atom. The number of benzene rings is 2. The number of carbonyl (C=O) groups excluding carboxylic acids is 1. The van der Waals surface area contributed by atoms with E-state index in [-0.39, 0.29) is 5.91 Å². The summed E-state index contributed by atoms with van der Waals surface area (Å²) in [5.74, 6) is 0.612. The maximum atomic E-state index is 12.5. The quantitative estimate of drug-likeness (QED) is 0.393. The summed E-state index contributed by atoms with van der Waals surface area (Å²) in [6.45, 7) is 0. The van der Waals surface area contributed by atoms with Crippen molar-refractivity contribution < 1.29 is 4.79 Å². The summed E-state index contributed by atoms with van der Waals surface area (Å²) < 4.78 is 0.972. The van der Waals surface area contributed by atoms with E-state index < -0.39 is 0 Å². The average Bonchev–Trinajstić information content (AvgIpc) is 3.07. The Kier molecular flexibility index (Phi) is 6.47. The second-order valence-corrected chi connectivity index (χ2v) is 8.78. The van der Waals surface area contributed by atoms with Gasteiger partial charge in [0.1, 0.15) is 4.88 Å². The Bertz CT molecular complexity index is 896. The van der Waals surface area contributed by atoms with Crippen molar-refractivity contribution in [1.29, 1.82) is 0 Å². The highest BCUT2D eigenvalue weighted by molar-refractivity contribution is 9.10. The lowest BCUT2D eigenvalue weighted by atomic mass is 10.2. The molecule has 0 aliphatic carbocycles. The number of anilines is 1. The summed E-state index contributed by atoms with van der Waals surface area (Å²) in [5, 5.41) is 5.93. The zero-order chi connectivity index (χ0) is 17.8. The lowest BCUT2D eigenvalue weighted by Crippen LogP contribution is -2.10. The van der Waals surface area contributed by atoms with Gasteiger partial charge in [-0.1, -0.05) is 45.2 Å². The molecule has 3 aromatic rings. The highest BCUT2D eigenvalue weighted by Gasteiger charge is 2.14. The van der Waals surface area contributed by atoms with E-state index in [0.29, 0.717) is 20.7 Å². The summed E-state index contributed by atoms with van der Waals surface area (Å²) >= 11 is 18.4. The monoisotopic (exact) mass is 471 g/mol. The third-order valence-corrected chi connectivity index (χ3v) is 6.75. The van der Waals surface area contributed by atoms with Gasteiger partial charge in [0, 0.05) is 20.8 Å². The summed E-state index contributed by atoms with van der Waals surface area (Å²) in [5.41, 5.74) is 1.83. The van der Waals surface area contributed by atoms with Gasteiger partial charge in [-0.2, -0.15) is 0 Å². The predicted octanol–water partition coefficient (Wildman–Crippen LogP) is 7.36. The minimum absolute atomic E-state index is 0.103. The number of thioether (sulfide) groups is 1. The normalized spacial score (nSPS) is 10.7. The van der Waals surface area contributed by atoms with Crippen molar-refractivity contribution in [2.75, 3.05) is 5.32 Å².